The van der Waals surface area contributed by atoms with E-state index in [0.29, 0.717) is 18.4 Å². The number of amidine groups is 1. The largest absolute Gasteiger partial charge is 0.391 e. The predicted molar refractivity (Wildman–Crippen MR) is 87.9 cm³/mol. The molecule has 0 aromatic heterocycles. The van der Waals surface area contributed by atoms with Crippen LogP contribution in [0.3, 0.4) is 0 Å². The molecule has 0 radical (unpaired) electrons. The summed E-state index contributed by atoms with van der Waals surface area (Å²) >= 11 is 6.11. The van der Waals surface area contributed by atoms with Gasteiger partial charge in [-0.15, -0.1) is 0 Å². The Morgan fingerprint density at radius 1 is 1.22 bits per heavy atom. The molecule has 0 N–H and O–H groups in total. The highest BCUT2D eigenvalue weighted by atomic mass is 35.5. The van der Waals surface area contributed by atoms with E-state index in [-0.39, 0.29) is 16.7 Å². The minimum atomic E-state index is -4.74. The Labute approximate surface area is 157 Å². The molecule has 4 nitrogen and oxygen atoms in total. The SMILES string of the molecule is CCC1=C(Cl)N=C2C(=CC1)N(C)C(=O)C(CC(F)(F)F)N2CCC(F)(F)F. The van der Waals surface area contributed by atoms with Gasteiger partial charge in [0.1, 0.15) is 11.2 Å². The van der Waals surface area contributed by atoms with Gasteiger partial charge in [0, 0.05) is 13.6 Å². The second-order valence-electron chi connectivity index (χ2n) is 6.27. The lowest BCUT2D eigenvalue weighted by Gasteiger charge is -2.42. The van der Waals surface area contributed by atoms with Crippen molar-refractivity contribution in [3.8, 4) is 0 Å². The Hall–Kier alpha value is -1.71. The zero-order chi connectivity index (χ0) is 20.6. The number of amides is 1. The molecular formula is C16H18ClF6N3O. The molecule has 1 saturated heterocycles. The molecular weight excluding hydrogens is 400 g/mol. The minimum absolute atomic E-state index is 0.0178. The van der Waals surface area contributed by atoms with Gasteiger partial charge in [-0.3, -0.25) is 4.79 Å². The molecule has 0 aliphatic carbocycles. The third-order valence-corrected chi connectivity index (χ3v) is 4.73. The van der Waals surface area contributed by atoms with Crippen LogP contribution in [-0.4, -0.2) is 53.5 Å². The third-order valence-electron chi connectivity index (χ3n) is 4.38. The highest BCUT2D eigenvalue weighted by Gasteiger charge is 2.46. The van der Waals surface area contributed by atoms with E-state index in [4.69, 9.17) is 11.6 Å². The number of hydrogen-bond donors (Lipinski definition) is 0. The number of alkyl halides is 6. The molecule has 2 rings (SSSR count). The number of aliphatic imine (C=N–C) groups is 1. The fourth-order valence-electron chi connectivity index (χ4n) is 2.96. The molecule has 27 heavy (non-hydrogen) atoms. The van der Waals surface area contributed by atoms with E-state index in [0.717, 1.165) is 9.80 Å². The quantitative estimate of drug-likeness (QED) is 0.496. The summed E-state index contributed by atoms with van der Waals surface area (Å²) in [5.74, 6) is -1.08. The zero-order valence-electron chi connectivity index (χ0n) is 14.6. The van der Waals surface area contributed by atoms with Crippen LogP contribution in [-0.2, 0) is 4.79 Å². The average molecular weight is 418 g/mol. The second-order valence-corrected chi connectivity index (χ2v) is 6.63. The highest BCUT2D eigenvalue weighted by molar-refractivity contribution is 6.31. The Kier molecular flexibility index (Phi) is 6.18. The predicted octanol–water partition coefficient (Wildman–Crippen LogP) is 4.58. The van der Waals surface area contributed by atoms with Crippen molar-refractivity contribution in [3.05, 3.63) is 22.5 Å². The summed E-state index contributed by atoms with van der Waals surface area (Å²) < 4.78 is 77.1. The molecule has 1 unspecified atom stereocenters. The summed E-state index contributed by atoms with van der Waals surface area (Å²) in [5, 5.41) is 0.0178. The van der Waals surface area contributed by atoms with Crippen LogP contribution in [0, 0.1) is 0 Å². The van der Waals surface area contributed by atoms with Gasteiger partial charge in [-0.05, 0) is 18.4 Å². The van der Waals surface area contributed by atoms with Gasteiger partial charge in [-0.1, -0.05) is 24.6 Å². The number of nitrogens with zero attached hydrogens (tertiary/aromatic N) is 3. The third kappa shape index (κ3) is 5.18. The summed E-state index contributed by atoms with van der Waals surface area (Å²) in [6, 6.07) is -1.83. The van der Waals surface area contributed by atoms with Crippen LogP contribution in [0.15, 0.2) is 27.5 Å². The van der Waals surface area contributed by atoms with Gasteiger partial charge in [0.05, 0.1) is 18.5 Å². The molecule has 0 bridgehead atoms. The van der Waals surface area contributed by atoms with Gasteiger partial charge in [0.2, 0.25) is 5.91 Å². The molecule has 0 aromatic rings. The van der Waals surface area contributed by atoms with Crippen molar-refractivity contribution in [2.75, 3.05) is 13.6 Å². The smallest absolute Gasteiger partial charge is 0.342 e. The highest BCUT2D eigenvalue weighted by Crippen LogP contribution is 2.34. The molecule has 1 fully saturated rings. The van der Waals surface area contributed by atoms with Crippen molar-refractivity contribution >= 4 is 23.3 Å². The van der Waals surface area contributed by atoms with Crippen LogP contribution < -0.4 is 0 Å². The number of likely N-dealkylation sites (N-methyl/N-ethyl adjacent to an activating group) is 1. The van der Waals surface area contributed by atoms with Crippen LogP contribution in [0.2, 0.25) is 0 Å². The van der Waals surface area contributed by atoms with Crippen molar-refractivity contribution in [2.24, 2.45) is 4.99 Å². The monoisotopic (exact) mass is 417 g/mol. The minimum Gasteiger partial charge on any atom is -0.342 e. The number of allylic oxidation sites excluding steroid dienone is 2. The molecule has 2 heterocycles. The number of halogens is 7. The first-order chi connectivity index (χ1) is 12.3. The number of fused-ring (bicyclic) bond motifs is 1. The summed E-state index contributed by atoms with van der Waals surface area (Å²) in [6.45, 7) is 0.972. The Balaban J connectivity index is 2.52. The second kappa shape index (κ2) is 7.73. The summed E-state index contributed by atoms with van der Waals surface area (Å²) in [6.07, 6.45) is -9.95. The Bertz CT molecular complexity index is 695. The summed E-state index contributed by atoms with van der Waals surface area (Å²) in [4.78, 5) is 18.4. The molecule has 1 amide bonds. The first kappa shape index (κ1) is 21.6. The maximum absolute atomic E-state index is 13.0. The number of carbonyl (C=O) groups is 1. The van der Waals surface area contributed by atoms with Gasteiger partial charge in [0.25, 0.3) is 0 Å². The number of rotatable bonds is 4. The van der Waals surface area contributed by atoms with E-state index in [1.807, 2.05) is 0 Å². The van der Waals surface area contributed by atoms with E-state index in [1.54, 1.807) is 13.0 Å². The number of piperazine rings is 1. The van der Waals surface area contributed by atoms with E-state index >= 15 is 0 Å². The van der Waals surface area contributed by atoms with Gasteiger partial charge < -0.3 is 9.80 Å². The first-order valence-electron chi connectivity index (χ1n) is 8.18. The Morgan fingerprint density at radius 2 is 1.85 bits per heavy atom. The van der Waals surface area contributed by atoms with E-state index in [9.17, 15) is 31.1 Å². The van der Waals surface area contributed by atoms with Crippen molar-refractivity contribution in [2.45, 2.75) is 51.0 Å². The molecule has 2 aliphatic heterocycles. The van der Waals surface area contributed by atoms with Crippen molar-refractivity contribution in [3.63, 3.8) is 0 Å². The summed E-state index contributed by atoms with van der Waals surface area (Å²) in [5.41, 5.74) is 0.831. The molecule has 152 valence electrons. The van der Waals surface area contributed by atoms with Crippen LogP contribution >= 0.6 is 11.6 Å². The Morgan fingerprint density at radius 3 is 2.37 bits per heavy atom. The van der Waals surface area contributed by atoms with Crippen LogP contribution in [0.1, 0.15) is 32.6 Å². The fourth-order valence-corrected chi connectivity index (χ4v) is 3.25. The lowest BCUT2D eigenvalue weighted by atomic mass is 10.0. The van der Waals surface area contributed by atoms with Crippen molar-refractivity contribution in [1.82, 2.24) is 9.80 Å². The van der Waals surface area contributed by atoms with E-state index in [2.05, 4.69) is 4.99 Å². The normalized spacial score (nSPS) is 21.8. The fraction of sp³-hybridized carbons (Fsp3) is 0.625. The summed E-state index contributed by atoms with van der Waals surface area (Å²) in [7, 11) is 1.28. The van der Waals surface area contributed by atoms with Crippen LogP contribution in [0.5, 0.6) is 0 Å². The maximum Gasteiger partial charge on any atom is 0.391 e. The van der Waals surface area contributed by atoms with Crippen LogP contribution in [0.4, 0.5) is 26.3 Å². The van der Waals surface area contributed by atoms with Gasteiger partial charge >= 0.3 is 12.4 Å². The molecule has 0 spiro atoms. The van der Waals surface area contributed by atoms with Crippen LogP contribution in [0.25, 0.3) is 0 Å². The average Bonchev–Trinajstić information content (AvgIpc) is 2.68. The number of hydrogen-bond acceptors (Lipinski definition) is 3. The zero-order valence-corrected chi connectivity index (χ0v) is 15.3. The standard InChI is InChI=1S/C16H18ClF6N3O/c1-3-9-4-5-10-13(24-12(9)17)26(7-6-15(18,19)20)11(8-16(21,22)23)14(27)25(10)2/h5,11H,3-4,6-8H2,1-2H3. The van der Waals surface area contributed by atoms with Gasteiger partial charge in [-0.2, -0.15) is 26.3 Å². The first-order valence-corrected chi connectivity index (χ1v) is 8.56. The maximum atomic E-state index is 13.0. The molecule has 0 aromatic carbocycles. The molecule has 11 heteroatoms. The van der Waals surface area contributed by atoms with Gasteiger partial charge in [0.15, 0.2) is 5.84 Å². The van der Waals surface area contributed by atoms with Crippen molar-refractivity contribution in [1.29, 1.82) is 0 Å². The van der Waals surface area contributed by atoms with E-state index < -0.39 is 43.7 Å². The van der Waals surface area contributed by atoms with Gasteiger partial charge in [-0.25, -0.2) is 4.99 Å². The topological polar surface area (TPSA) is 35.9 Å². The number of carbonyl (C=O) groups excluding carboxylic acids is 1. The van der Waals surface area contributed by atoms with Crippen molar-refractivity contribution < 1.29 is 31.1 Å². The lowest BCUT2D eigenvalue weighted by Crippen LogP contribution is -2.59. The van der Waals surface area contributed by atoms with E-state index in [1.165, 1.54) is 7.05 Å². The molecule has 0 saturated carbocycles. The molecule has 2 aliphatic rings. The molecule has 1 atom stereocenters. The lowest BCUT2D eigenvalue weighted by molar-refractivity contribution is -0.162.